The van der Waals surface area contributed by atoms with Crippen molar-refractivity contribution < 1.29 is 0 Å². The van der Waals surface area contributed by atoms with Gasteiger partial charge in [0.05, 0.1) is 0 Å². The molecule has 0 amide bonds. The maximum absolute atomic E-state index is 2.70. The van der Waals surface area contributed by atoms with Crippen LogP contribution in [-0.2, 0) is 0 Å². The zero-order valence-electron chi connectivity index (χ0n) is 8.56. The van der Waals surface area contributed by atoms with E-state index in [1.807, 2.05) is 0 Å². The number of rotatable bonds is 2. The van der Waals surface area contributed by atoms with Crippen LogP contribution in [0.1, 0.15) is 0 Å². The van der Waals surface area contributed by atoms with Gasteiger partial charge in [0, 0.05) is 0 Å². The molecule has 2 heteroatoms. The van der Waals surface area contributed by atoms with Gasteiger partial charge in [-0.3, -0.25) is 0 Å². The number of hydrogen-bond acceptors (Lipinski definition) is 0. The summed E-state index contributed by atoms with van der Waals surface area (Å²) in [6.07, 6.45) is 0. The summed E-state index contributed by atoms with van der Waals surface area (Å²) in [5, 5.41) is 0. The fraction of sp³-hybridized carbons (Fsp3) is 0.0769. The van der Waals surface area contributed by atoms with Gasteiger partial charge in [0.15, 0.2) is 0 Å². The van der Waals surface area contributed by atoms with Crippen LogP contribution in [-0.4, -0.2) is 14.2 Å². The Morgan fingerprint density at radius 3 is 1.40 bits per heavy atom. The van der Waals surface area contributed by atoms with Gasteiger partial charge in [-0.25, -0.2) is 0 Å². The second kappa shape index (κ2) is 4.86. The van der Waals surface area contributed by atoms with E-state index in [0.717, 1.165) is 0 Å². The normalized spacial score (nSPS) is 12.4. The predicted molar refractivity (Wildman–Crippen MR) is 77.8 cm³/mol. The van der Waals surface area contributed by atoms with Gasteiger partial charge in [-0.05, 0) is 0 Å². The minimum atomic E-state index is -2.05. The van der Waals surface area contributed by atoms with Gasteiger partial charge in [-0.15, -0.1) is 0 Å². The zero-order valence-corrected chi connectivity index (χ0v) is 13.0. The zero-order chi connectivity index (χ0) is 10.7. The van der Waals surface area contributed by atoms with E-state index in [2.05, 4.69) is 84.3 Å². The molecule has 0 aliphatic carbocycles. The Morgan fingerprint density at radius 1 is 0.733 bits per heavy atom. The number of halogens is 1. The average molecular weight is 424 g/mol. The SMILES string of the molecule is C[Te](I)(c1ccccc1)c1ccccc1. The Balaban J connectivity index is 2.44. The Labute approximate surface area is 105 Å². The Bertz CT molecular complexity index is 381. The Morgan fingerprint density at radius 2 is 1.07 bits per heavy atom. The molecular formula is C13H13ITe. The monoisotopic (exact) mass is 426 g/mol. The van der Waals surface area contributed by atoms with Crippen LogP contribution in [0.3, 0.4) is 0 Å². The van der Waals surface area contributed by atoms with Gasteiger partial charge in [0.2, 0.25) is 0 Å². The van der Waals surface area contributed by atoms with Crippen LogP contribution in [0.4, 0.5) is 0 Å². The molecule has 2 aromatic carbocycles. The first-order chi connectivity index (χ1) is 7.21. The Hall–Kier alpha value is -0.0404. The molecule has 15 heavy (non-hydrogen) atoms. The van der Waals surface area contributed by atoms with Crippen molar-refractivity contribution in [1.82, 2.24) is 0 Å². The molecule has 0 spiro atoms. The van der Waals surface area contributed by atoms with E-state index in [-0.39, 0.29) is 0 Å². The molecule has 0 aliphatic rings. The molecule has 0 nitrogen and oxygen atoms in total. The van der Waals surface area contributed by atoms with Crippen molar-refractivity contribution in [3.8, 4) is 0 Å². The van der Waals surface area contributed by atoms with Gasteiger partial charge >= 0.3 is 106 Å². The van der Waals surface area contributed by atoms with Gasteiger partial charge in [-0.2, -0.15) is 0 Å². The number of hydrogen-bond donors (Lipinski definition) is 0. The predicted octanol–water partition coefficient (Wildman–Crippen LogP) is 2.81. The van der Waals surface area contributed by atoms with Crippen LogP contribution in [0.25, 0.3) is 0 Å². The first-order valence-corrected chi connectivity index (χ1v) is 16.2. The summed E-state index contributed by atoms with van der Waals surface area (Å²) < 4.78 is 3.07. The van der Waals surface area contributed by atoms with E-state index in [9.17, 15) is 0 Å². The summed E-state index contributed by atoms with van der Waals surface area (Å²) in [5.41, 5.74) is 0. The van der Waals surface area contributed by atoms with Crippen molar-refractivity contribution in [3.05, 3.63) is 60.7 Å². The molecule has 0 N–H and O–H groups in total. The summed E-state index contributed by atoms with van der Waals surface area (Å²) >= 11 is 0.645. The average Bonchev–Trinajstić information content (AvgIpc) is 2.31. The van der Waals surface area contributed by atoms with E-state index < -0.39 is 14.2 Å². The van der Waals surface area contributed by atoms with Crippen LogP contribution in [0, 0.1) is 0 Å². The molecule has 2 aromatic rings. The first-order valence-electron chi connectivity index (χ1n) is 4.79. The van der Waals surface area contributed by atoms with E-state index >= 15 is 0 Å². The third kappa shape index (κ3) is 2.55. The maximum atomic E-state index is 2.70. The standard InChI is InChI=1S/C13H13ITe/c1-15(14,12-8-4-2-5-9-12)13-10-6-3-7-11-13/h2-11H,1H3. The molecule has 0 heterocycles. The molecule has 0 aliphatic heterocycles. The van der Waals surface area contributed by atoms with E-state index in [1.165, 1.54) is 7.22 Å². The van der Waals surface area contributed by atoms with Gasteiger partial charge in [-0.1, -0.05) is 0 Å². The summed E-state index contributed by atoms with van der Waals surface area (Å²) in [5.74, 6) is 0. The second-order valence-electron chi connectivity index (χ2n) is 3.45. The van der Waals surface area contributed by atoms with Crippen molar-refractivity contribution in [2.24, 2.45) is 0 Å². The molecule has 0 unspecified atom stereocenters. The minimum absolute atomic E-state index is 1.53. The molecule has 0 fully saturated rings. The fourth-order valence-electron chi connectivity index (χ4n) is 1.49. The van der Waals surface area contributed by atoms with Crippen molar-refractivity contribution in [2.75, 3.05) is 0 Å². The molecule has 0 bridgehead atoms. The van der Waals surface area contributed by atoms with E-state index in [4.69, 9.17) is 0 Å². The third-order valence-corrected chi connectivity index (χ3v) is 15.8. The van der Waals surface area contributed by atoms with E-state index in [0.29, 0.717) is 0 Å². The van der Waals surface area contributed by atoms with Crippen LogP contribution >= 0.6 is 18.7 Å². The molecule has 0 saturated heterocycles. The molecule has 0 saturated carbocycles. The molecule has 2 rings (SSSR count). The van der Waals surface area contributed by atoms with Crippen molar-refractivity contribution in [3.63, 3.8) is 0 Å². The topological polar surface area (TPSA) is 0 Å². The molecule has 0 atom stereocenters. The van der Waals surface area contributed by atoms with Crippen LogP contribution in [0.2, 0.25) is 4.97 Å². The Kier molecular flexibility index (Phi) is 3.71. The summed E-state index contributed by atoms with van der Waals surface area (Å²) in [6.45, 7) is 0. The molecular weight excluding hydrogens is 411 g/mol. The summed E-state index contributed by atoms with van der Waals surface area (Å²) in [6, 6.07) is 21.8. The van der Waals surface area contributed by atoms with Crippen molar-refractivity contribution >= 4 is 40.2 Å². The van der Waals surface area contributed by atoms with Crippen LogP contribution in [0.15, 0.2) is 60.7 Å². The van der Waals surface area contributed by atoms with Crippen molar-refractivity contribution in [2.45, 2.75) is 4.97 Å². The second-order valence-corrected chi connectivity index (χ2v) is 22.6. The van der Waals surface area contributed by atoms with Crippen molar-refractivity contribution in [1.29, 1.82) is 0 Å². The molecule has 78 valence electrons. The summed E-state index contributed by atoms with van der Waals surface area (Å²) in [4.78, 5) is 2.44. The van der Waals surface area contributed by atoms with Crippen LogP contribution < -0.4 is 7.22 Å². The van der Waals surface area contributed by atoms with Crippen LogP contribution in [0.5, 0.6) is 0 Å². The molecule has 0 radical (unpaired) electrons. The third-order valence-electron chi connectivity index (χ3n) is 2.37. The quantitative estimate of drug-likeness (QED) is 0.515. The first kappa shape index (κ1) is 11.4. The summed E-state index contributed by atoms with van der Waals surface area (Å²) in [7, 11) is 0. The van der Waals surface area contributed by atoms with E-state index in [1.54, 1.807) is 0 Å². The van der Waals surface area contributed by atoms with Gasteiger partial charge < -0.3 is 0 Å². The number of benzene rings is 2. The fourth-order valence-corrected chi connectivity index (χ4v) is 10.0. The van der Waals surface area contributed by atoms with Gasteiger partial charge in [0.1, 0.15) is 0 Å². The van der Waals surface area contributed by atoms with Gasteiger partial charge in [0.25, 0.3) is 0 Å². The molecule has 0 aromatic heterocycles.